The van der Waals surface area contributed by atoms with Crippen LogP contribution in [0.3, 0.4) is 0 Å². The lowest BCUT2D eigenvalue weighted by Crippen LogP contribution is -2.33. The van der Waals surface area contributed by atoms with E-state index in [0.29, 0.717) is 12.4 Å². The van der Waals surface area contributed by atoms with Crippen molar-refractivity contribution < 1.29 is 19.4 Å². The summed E-state index contributed by atoms with van der Waals surface area (Å²) in [5, 5.41) is 23.3. The minimum Gasteiger partial charge on any atom is -0.442 e. The molecule has 2 amide bonds. The van der Waals surface area contributed by atoms with Gasteiger partial charge in [-0.1, -0.05) is 6.07 Å². The molecule has 2 N–H and O–H groups in total. The van der Waals surface area contributed by atoms with Gasteiger partial charge < -0.3 is 15.2 Å². The maximum absolute atomic E-state index is 12.3. The molecule has 1 atom stereocenters. The zero-order valence-corrected chi connectivity index (χ0v) is 17.0. The Morgan fingerprint density at radius 2 is 2.10 bits per heavy atom. The van der Waals surface area contributed by atoms with Crippen molar-refractivity contribution in [3.63, 3.8) is 0 Å². The van der Waals surface area contributed by atoms with Crippen LogP contribution >= 0.6 is 0 Å². The molecular formula is C20H21N7O4. The van der Waals surface area contributed by atoms with E-state index in [1.807, 2.05) is 31.2 Å². The van der Waals surface area contributed by atoms with Crippen LogP contribution in [0, 0.1) is 6.92 Å². The summed E-state index contributed by atoms with van der Waals surface area (Å²) in [6.07, 6.45) is 0.878. The molecule has 0 radical (unpaired) electrons. The van der Waals surface area contributed by atoms with Gasteiger partial charge in [0.2, 0.25) is 11.7 Å². The highest BCUT2D eigenvalue weighted by molar-refractivity contribution is 5.91. The number of hydrogen-bond donors (Lipinski definition) is 2. The molecule has 11 heteroatoms. The minimum absolute atomic E-state index is 0.164. The monoisotopic (exact) mass is 423 g/mol. The number of ether oxygens (including phenoxy) is 1. The van der Waals surface area contributed by atoms with E-state index in [2.05, 4.69) is 25.7 Å². The lowest BCUT2D eigenvalue weighted by molar-refractivity contribution is -0.119. The first-order valence-corrected chi connectivity index (χ1v) is 9.64. The molecule has 1 saturated heterocycles. The van der Waals surface area contributed by atoms with Gasteiger partial charge in [-0.25, -0.2) is 9.78 Å². The molecule has 160 valence electrons. The molecule has 0 unspecified atom stereocenters. The molecule has 11 nitrogen and oxygen atoms in total. The number of amides is 2. The molecule has 4 rings (SSSR count). The molecule has 1 fully saturated rings. The number of carbonyl (C=O) groups is 2. The van der Waals surface area contributed by atoms with Crippen molar-refractivity contribution in [3.05, 3.63) is 47.9 Å². The quantitative estimate of drug-likeness (QED) is 0.599. The fourth-order valence-corrected chi connectivity index (χ4v) is 3.30. The van der Waals surface area contributed by atoms with Crippen LogP contribution in [-0.4, -0.2) is 61.5 Å². The summed E-state index contributed by atoms with van der Waals surface area (Å²) >= 11 is 0. The summed E-state index contributed by atoms with van der Waals surface area (Å²) in [4.78, 5) is 30.5. The lowest BCUT2D eigenvalue weighted by atomic mass is 10.0. The summed E-state index contributed by atoms with van der Waals surface area (Å²) in [7, 11) is 0. The van der Waals surface area contributed by atoms with Gasteiger partial charge in [0, 0.05) is 18.7 Å². The lowest BCUT2D eigenvalue weighted by Gasteiger charge is -2.17. The molecule has 0 spiro atoms. The van der Waals surface area contributed by atoms with Gasteiger partial charge in [-0.3, -0.25) is 9.69 Å². The van der Waals surface area contributed by atoms with Gasteiger partial charge in [0.15, 0.2) is 5.82 Å². The van der Waals surface area contributed by atoms with Crippen LogP contribution in [0.25, 0.3) is 16.9 Å². The van der Waals surface area contributed by atoms with Crippen molar-refractivity contribution in [1.29, 1.82) is 0 Å². The number of aliphatic hydroxyl groups is 1. The van der Waals surface area contributed by atoms with E-state index in [-0.39, 0.29) is 31.0 Å². The first-order valence-electron chi connectivity index (χ1n) is 9.64. The van der Waals surface area contributed by atoms with Gasteiger partial charge in [-0.15, -0.1) is 15.0 Å². The SMILES string of the molecule is CC(=O)NC[C@H]1CN(c2ccc(-c3ccc(-n4nnc(CO)n4)nc3)cc2C)C(=O)O1. The number of tetrazole rings is 1. The number of anilines is 1. The standard InChI is InChI=1S/C20H21N7O4/c1-12-7-14(15-4-6-19(22-8-15)27-24-18(11-28)23-25-27)3-5-17(12)26-10-16(31-20(26)30)9-21-13(2)29/h3-8,16,28H,9-11H2,1-2H3,(H,21,29)/t16-/m0/s1. The Hall–Kier alpha value is -3.86. The number of carbonyl (C=O) groups excluding carboxylic acids is 2. The van der Waals surface area contributed by atoms with Gasteiger partial charge in [0.25, 0.3) is 0 Å². The van der Waals surface area contributed by atoms with E-state index in [1.54, 1.807) is 17.2 Å². The molecule has 1 aliphatic heterocycles. The van der Waals surface area contributed by atoms with E-state index in [1.165, 1.54) is 11.7 Å². The third kappa shape index (κ3) is 4.36. The van der Waals surface area contributed by atoms with Crippen LogP contribution in [-0.2, 0) is 16.1 Å². The molecule has 3 heterocycles. The molecule has 31 heavy (non-hydrogen) atoms. The summed E-state index contributed by atoms with van der Waals surface area (Å²) in [6.45, 7) is 3.71. The number of rotatable bonds is 6. The van der Waals surface area contributed by atoms with Gasteiger partial charge in [-0.05, 0) is 47.5 Å². The first-order chi connectivity index (χ1) is 14.9. The molecule has 0 bridgehead atoms. The Morgan fingerprint density at radius 3 is 2.74 bits per heavy atom. The van der Waals surface area contributed by atoms with Crippen LogP contribution in [0.4, 0.5) is 10.5 Å². The van der Waals surface area contributed by atoms with Crippen molar-refractivity contribution in [1.82, 2.24) is 30.5 Å². The van der Waals surface area contributed by atoms with Crippen LogP contribution in [0.1, 0.15) is 18.3 Å². The van der Waals surface area contributed by atoms with Crippen LogP contribution < -0.4 is 10.2 Å². The minimum atomic E-state index is -0.431. The van der Waals surface area contributed by atoms with Crippen molar-refractivity contribution in [2.45, 2.75) is 26.6 Å². The summed E-state index contributed by atoms with van der Waals surface area (Å²) in [5.74, 6) is 0.536. The van der Waals surface area contributed by atoms with Crippen molar-refractivity contribution >= 4 is 17.7 Å². The molecule has 2 aromatic heterocycles. The third-order valence-electron chi connectivity index (χ3n) is 4.82. The van der Waals surface area contributed by atoms with E-state index < -0.39 is 6.09 Å². The Bertz CT molecular complexity index is 1110. The van der Waals surface area contributed by atoms with Crippen molar-refractivity contribution in [2.75, 3.05) is 18.0 Å². The Kier molecular flexibility index (Phi) is 5.58. The van der Waals surface area contributed by atoms with Crippen molar-refractivity contribution in [3.8, 4) is 16.9 Å². The molecule has 1 aliphatic rings. The summed E-state index contributed by atoms with van der Waals surface area (Å²) in [5.41, 5.74) is 3.48. The average Bonchev–Trinajstić information content (AvgIpc) is 3.39. The number of nitrogens with one attached hydrogen (secondary N) is 1. The van der Waals surface area contributed by atoms with Crippen LogP contribution in [0.15, 0.2) is 36.5 Å². The predicted octanol–water partition coefficient (Wildman–Crippen LogP) is 0.986. The van der Waals surface area contributed by atoms with E-state index >= 15 is 0 Å². The fraction of sp³-hybridized carbons (Fsp3) is 0.300. The largest absolute Gasteiger partial charge is 0.442 e. The molecule has 0 aliphatic carbocycles. The zero-order chi connectivity index (χ0) is 22.0. The second kappa shape index (κ2) is 8.48. The maximum atomic E-state index is 12.3. The summed E-state index contributed by atoms with van der Waals surface area (Å²) < 4.78 is 5.34. The zero-order valence-electron chi connectivity index (χ0n) is 17.0. The number of hydrogen-bond acceptors (Lipinski definition) is 8. The van der Waals surface area contributed by atoms with Crippen LogP contribution in [0.5, 0.6) is 0 Å². The number of aromatic nitrogens is 5. The number of benzene rings is 1. The molecule has 0 saturated carbocycles. The summed E-state index contributed by atoms with van der Waals surface area (Å²) in [6, 6.07) is 9.38. The van der Waals surface area contributed by atoms with Gasteiger partial charge in [0.1, 0.15) is 12.7 Å². The fourth-order valence-electron chi connectivity index (χ4n) is 3.30. The Morgan fingerprint density at radius 1 is 1.29 bits per heavy atom. The number of nitrogens with zero attached hydrogens (tertiary/aromatic N) is 6. The predicted molar refractivity (Wildman–Crippen MR) is 109 cm³/mol. The highest BCUT2D eigenvalue weighted by atomic mass is 16.6. The number of aryl methyl sites for hydroxylation is 1. The van der Waals surface area contributed by atoms with Gasteiger partial charge in [0.05, 0.1) is 18.8 Å². The molecule has 3 aromatic rings. The smallest absolute Gasteiger partial charge is 0.414 e. The maximum Gasteiger partial charge on any atom is 0.414 e. The third-order valence-corrected chi connectivity index (χ3v) is 4.82. The van der Waals surface area contributed by atoms with Crippen molar-refractivity contribution in [2.24, 2.45) is 0 Å². The van der Waals surface area contributed by atoms with Gasteiger partial charge in [-0.2, -0.15) is 0 Å². The first kappa shape index (κ1) is 20.4. The molecular weight excluding hydrogens is 402 g/mol. The van der Waals surface area contributed by atoms with Gasteiger partial charge >= 0.3 is 6.09 Å². The Balaban J connectivity index is 1.50. The number of pyridine rings is 1. The highest BCUT2D eigenvalue weighted by Gasteiger charge is 2.33. The average molecular weight is 423 g/mol. The topological polar surface area (TPSA) is 135 Å². The highest BCUT2D eigenvalue weighted by Crippen LogP contribution is 2.29. The second-order valence-electron chi connectivity index (χ2n) is 7.11. The van der Waals surface area contributed by atoms with E-state index in [4.69, 9.17) is 9.84 Å². The van der Waals surface area contributed by atoms with E-state index in [9.17, 15) is 9.59 Å². The van der Waals surface area contributed by atoms with Crippen LogP contribution in [0.2, 0.25) is 0 Å². The number of cyclic esters (lactones) is 1. The molecule has 1 aromatic carbocycles. The number of aliphatic hydroxyl groups excluding tert-OH is 1. The van der Waals surface area contributed by atoms with E-state index in [0.717, 1.165) is 22.4 Å². The normalized spacial score (nSPS) is 15.8. The Labute approximate surface area is 177 Å². The second-order valence-corrected chi connectivity index (χ2v) is 7.11.